The number of Topliss-reactive ketones (excluding diaryl/α,β-unsaturated/α-hetero) is 1. The van der Waals surface area contributed by atoms with E-state index in [1.54, 1.807) is 0 Å². The van der Waals surface area contributed by atoms with Crippen LogP contribution in [-0.2, 0) is 0 Å². The summed E-state index contributed by atoms with van der Waals surface area (Å²) < 4.78 is 5.49. The van der Waals surface area contributed by atoms with Crippen LogP contribution in [0, 0.1) is 0 Å². The first kappa shape index (κ1) is 16.3. The van der Waals surface area contributed by atoms with Crippen LogP contribution in [0.4, 0.5) is 5.69 Å². The number of benzene rings is 3. The van der Waals surface area contributed by atoms with E-state index in [4.69, 9.17) is 9.73 Å². The van der Waals surface area contributed by atoms with E-state index in [-0.39, 0.29) is 11.7 Å². The molecule has 0 heterocycles. The molecule has 3 nitrogen and oxygen atoms in total. The van der Waals surface area contributed by atoms with Crippen molar-refractivity contribution in [2.75, 3.05) is 6.61 Å². The van der Waals surface area contributed by atoms with Crippen LogP contribution in [0.15, 0.2) is 83.9 Å². The minimum Gasteiger partial charge on any atom is -0.494 e. The van der Waals surface area contributed by atoms with Gasteiger partial charge in [0.15, 0.2) is 5.78 Å². The van der Waals surface area contributed by atoms with Gasteiger partial charge < -0.3 is 4.74 Å². The SMILES string of the molecule is CCOc1ccc(N=C2c3ccccc3C(=O)[C@@H]2c2ccccc2)cc1. The Hall–Kier alpha value is -3.20. The van der Waals surface area contributed by atoms with Crippen LogP contribution < -0.4 is 4.74 Å². The smallest absolute Gasteiger partial charge is 0.176 e. The molecule has 1 aliphatic carbocycles. The molecule has 3 aromatic rings. The van der Waals surface area contributed by atoms with Crippen LogP contribution >= 0.6 is 0 Å². The van der Waals surface area contributed by atoms with Crippen molar-refractivity contribution in [3.05, 3.63) is 95.6 Å². The lowest BCUT2D eigenvalue weighted by atomic mass is 9.93. The van der Waals surface area contributed by atoms with E-state index in [0.29, 0.717) is 6.61 Å². The number of hydrogen-bond donors (Lipinski definition) is 0. The van der Waals surface area contributed by atoms with Crippen molar-refractivity contribution in [1.29, 1.82) is 0 Å². The molecule has 1 atom stereocenters. The summed E-state index contributed by atoms with van der Waals surface area (Å²) in [5.41, 5.74) is 4.25. The average Bonchev–Trinajstić information content (AvgIpc) is 2.96. The van der Waals surface area contributed by atoms with Crippen LogP contribution in [0.2, 0.25) is 0 Å². The van der Waals surface area contributed by atoms with Gasteiger partial charge in [0.05, 0.1) is 23.9 Å². The van der Waals surface area contributed by atoms with Crippen molar-refractivity contribution in [2.45, 2.75) is 12.8 Å². The Kier molecular flexibility index (Phi) is 4.36. The van der Waals surface area contributed by atoms with Gasteiger partial charge in [0, 0.05) is 11.1 Å². The summed E-state index contributed by atoms with van der Waals surface area (Å²) in [7, 11) is 0. The third kappa shape index (κ3) is 2.92. The quantitative estimate of drug-likeness (QED) is 0.655. The molecule has 1 aliphatic rings. The topological polar surface area (TPSA) is 38.7 Å². The summed E-state index contributed by atoms with van der Waals surface area (Å²) in [4.78, 5) is 17.9. The van der Waals surface area contributed by atoms with Crippen molar-refractivity contribution in [3.8, 4) is 5.75 Å². The molecule has 0 radical (unpaired) electrons. The van der Waals surface area contributed by atoms with Gasteiger partial charge in [0.1, 0.15) is 5.75 Å². The highest BCUT2D eigenvalue weighted by Gasteiger charge is 2.37. The van der Waals surface area contributed by atoms with Gasteiger partial charge >= 0.3 is 0 Å². The van der Waals surface area contributed by atoms with Crippen molar-refractivity contribution < 1.29 is 9.53 Å². The lowest BCUT2D eigenvalue weighted by molar-refractivity contribution is 0.0988. The number of ketones is 1. The number of carbonyl (C=O) groups is 1. The summed E-state index contributed by atoms with van der Waals surface area (Å²) in [6.07, 6.45) is 0. The van der Waals surface area contributed by atoms with Gasteiger partial charge in [-0.05, 0) is 36.8 Å². The minimum atomic E-state index is -0.361. The second-order valence-electron chi connectivity index (χ2n) is 6.18. The summed E-state index contributed by atoms with van der Waals surface area (Å²) in [6, 6.07) is 25.2. The number of ether oxygens (including phenoxy) is 1. The molecule has 4 rings (SSSR count). The molecule has 0 spiro atoms. The Labute approximate surface area is 153 Å². The lowest BCUT2D eigenvalue weighted by Crippen LogP contribution is -2.13. The van der Waals surface area contributed by atoms with Crippen molar-refractivity contribution in [2.24, 2.45) is 4.99 Å². The fraction of sp³-hybridized carbons (Fsp3) is 0.130. The standard InChI is InChI=1S/C23H19NO2/c1-2-26-18-14-12-17(13-15-18)24-22-19-10-6-7-11-20(19)23(25)21(22)16-8-4-3-5-9-16/h3-15,21H,2H2,1H3/t21-/m1/s1. The maximum atomic E-state index is 13.0. The lowest BCUT2D eigenvalue weighted by Gasteiger charge is -2.11. The van der Waals surface area contributed by atoms with E-state index >= 15 is 0 Å². The number of hydrogen-bond acceptors (Lipinski definition) is 3. The molecule has 0 amide bonds. The van der Waals surface area contributed by atoms with E-state index in [2.05, 4.69) is 0 Å². The summed E-state index contributed by atoms with van der Waals surface area (Å²) >= 11 is 0. The Morgan fingerprint density at radius 1 is 0.846 bits per heavy atom. The van der Waals surface area contributed by atoms with E-state index in [0.717, 1.165) is 33.8 Å². The van der Waals surface area contributed by atoms with Gasteiger partial charge in [-0.1, -0.05) is 54.6 Å². The van der Waals surface area contributed by atoms with Gasteiger partial charge in [-0.3, -0.25) is 9.79 Å². The third-order valence-electron chi connectivity index (χ3n) is 4.53. The Morgan fingerprint density at radius 2 is 1.50 bits per heavy atom. The van der Waals surface area contributed by atoms with Crippen LogP contribution in [0.1, 0.15) is 34.3 Å². The van der Waals surface area contributed by atoms with Crippen LogP contribution in [-0.4, -0.2) is 18.1 Å². The molecule has 0 aliphatic heterocycles. The zero-order valence-electron chi connectivity index (χ0n) is 14.6. The maximum absolute atomic E-state index is 13.0. The van der Waals surface area contributed by atoms with Gasteiger partial charge in [-0.15, -0.1) is 0 Å². The highest BCUT2D eigenvalue weighted by molar-refractivity contribution is 6.32. The molecule has 26 heavy (non-hydrogen) atoms. The molecule has 0 saturated carbocycles. The first-order chi connectivity index (χ1) is 12.8. The van der Waals surface area contributed by atoms with Crippen LogP contribution in [0.25, 0.3) is 0 Å². The fourth-order valence-electron chi connectivity index (χ4n) is 3.36. The molecular formula is C23H19NO2. The number of fused-ring (bicyclic) bond motifs is 1. The highest BCUT2D eigenvalue weighted by atomic mass is 16.5. The van der Waals surface area contributed by atoms with Crippen molar-refractivity contribution in [1.82, 2.24) is 0 Å². The second kappa shape index (κ2) is 6.96. The van der Waals surface area contributed by atoms with Crippen LogP contribution in [0.3, 0.4) is 0 Å². The van der Waals surface area contributed by atoms with Gasteiger partial charge in [0.25, 0.3) is 0 Å². The normalized spacial score (nSPS) is 17.3. The number of rotatable bonds is 4. The Bertz CT molecular complexity index is 959. The zero-order chi connectivity index (χ0) is 17.9. The largest absolute Gasteiger partial charge is 0.494 e. The highest BCUT2D eigenvalue weighted by Crippen LogP contribution is 2.36. The van der Waals surface area contributed by atoms with E-state index in [1.807, 2.05) is 85.8 Å². The molecule has 0 fully saturated rings. The summed E-state index contributed by atoms with van der Waals surface area (Å²) in [6.45, 7) is 2.59. The average molecular weight is 341 g/mol. The number of carbonyl (C=O) groups excluding carboxylic acids is 1. The van der Waals surface area contributed by atoms with E-state index in [1.165, 1.54) is 0 Å². The molecule has 0 saturated heterocycles. The molecule has 3 aromatic carbocycles. The first-order valence-electron chi connectivity index (χ1n) is 8.78. The monoisotopic (exact) mass is 341 g/mol. The zero-order valence-corrected chi connectivity index (χ0v) is 14.6. The van der Waals surface area contributed by atoms with Gasteiger partial charge in [-0.25, -0.2) is 0 Å². The predicted octanol–water partition coefficient (Wildman–Crippen LogP) is 5.19. The van der Waals surface area contributed by atoms with Crippen LogP contribution in [0.5, 0.6) is 5.75 Å². The van der Waals surface area contributed by atoms with Crippen molar-refractivity contribution in [3.63, 3.8) is 0 Å². The molecule has 3 heteroatoms. The predicted molar refractivity (Wildman–Crippen MR) is 104 cm³/mol. The van der Waals surface area contributed by atoms with Gasteiger partial charge in [-0.2, -0.15) is 0 Å². The maximum Gasteiger partial charge on any atom is 0.176 e. The fourth-order valence-corrected chi connectivity index (χ4v) is 3.36. The second-order valence-corrected chi connectivity index (χ2v) is 6.18. The number of nitrogens with zero attached hydrogens (tertiary/aromatic N) is 1. The molecule has 0 N–H and O–H groups in total. The Morgan fingerprint density at radius 3 is 2.19 bits per heavy atom. The Balaban J connectivity index is 1.81. The molecule has 0 unspecified atom stereocenters. The van der Waals surface area contributed by atoms with Crippen molar-refractivity contribution >= 4 is 17.2 Å². The minimum absolute atomic E-state index is 0.108. The first-order valence-corrected chi connectivity index (χ1v) is 8.78. The van der Waals surface area contributed by atoms with E-state index < -0.39 is 0 Å². The molecule has 128 valence electrons. The molecular weight excluding hydrogens is 322 g/mol. The van der Waals surface area contributed by atoms with E-state index in [9.17, 15) is 4.79 Å². The van der Waals surface area contributed by atoms with Gasteiger partial charge in [0.2, 0.25) is 0 Å². The molecule has 0 aromatic heterocycles. The number of aliphatic imine (C=N–C) groups is 1. The summed E-state index contributed by atoms with van der Waals surface area (Å²) in [5.74, 6) is 0.565. The third-order valence-corrected chi connectivity index (χ3v) is 4.53. The summed E-state index contributed by atoms with van der Waals surface area (Å²) in [5, 5.41) is 0. The molecule has 0 bridgehead atoms.